The lowest BCUT2D eigenvalue weighted by Crippen LogP contribution is -2.51. The Hall–Kier alpha value is -3.16. The summed E-state index contributed by atoms with van der Waals surface area (Å²) in [7, 11) is 0. The number of para-hydroxylation sites is 1. The van der Waals surface area contributed by atoms with Gasteiger partial charge in [-0.3, -0.25) is 9.59 Å². The second kappa shape index (κ2) is 8.69. The quantitative estimate of drug-likeness (QED) is 0.852. The lowest BCUT2D eigenvalue weighted by molar-refractivity contribution is -0.131. The number of carbonyl (C=O) groups excluding carboxylic acids is 2. The van der Waals surface area contributed by atoms with Crippen molar-refractivity contribution >= 4 is 11.8 Å². The van der Waals surface area contributed by atoms with E-state index >= 15 is 0 Å². The third-order valence-corrected chi connectivity index (χ3v) is 4.54. The standard InChI is InChI=1S/C20H20F2N2O4/c21-20(22)28-17-4-2-1-3-16(17)19(27)24-11-9-23(10-12-24)18(26)13-14-5-7-15(25)8-6-14/h1-8,20,25H,9-13H2. The van der Waals surface area contributed by atoms with E-state index < -0.39 is 12.5 Å². The maximum Gasteiger partial charge on any atom is 0.387 e. The summed E-state index contributed by atoms with van der Waals surface area (Å²) in [5.74, 6) is -0.492. The second-order valence-corrected chi connectivity index (χ2v) is 6.39. The Labute approximate surface area is 160 Å². The number of benzene rings is 2. The zero-order valence-corrected chi connectivity index (χ0v) is 15.1. The molecule has 0 aliphatic carbocycles. The van der Waals surface area contributed by atoms with Crippen molar-refractivity contribution in [2.24, 2.45) is 0 Å². The Kier molecular flexibility index (Phi) is 6.08. The Morgan fingerprint density at radius 2 is 1.57 bits per heavy atom. The smallest absolute Gasteiger partial charge is 0.387 e. The molecule has 2 aromatic rings. The van der Waals surface area contributed by atoms with E-state index in [1.807, 2.05) is 0 Å². The minimum Gasteiger partial charge on any atom is -0.508 e. The summed E-state index contributed by atoms with van der Waals surface area (Å²) >= 11 is 0. The van der Waals surface area contributed by atoms with E-state index in [1.165, 1.54) is 35.2 Å². The molecule has 2 aromatic carbocycles. The first-order valence-electron chi connectivity index (χ1n) is 8.83. The topological polar surface area (TPSA) is 70.1 Å². The Balaban J connectivity index is 1.58. The number of halogens is 2. The van der Waals surface area contributed by atoms with Crippen molar-refractivity contribution < 1.29 is 28.2 Å². The van der Waals surface area contributed by atoms with Gasteiger partial charge in [0.05, 0.1) is 12.0 Å². The largest absolute Gasteiger partial charge is 0.508 e. The van der Waals surface area contributed by atoms with Crippen molar-refractivity contribution in [2.45, 2.75) is 13.0 Å². The van der Waals surface area contributed by atoms with E-state index in [-0.39, 0.29) is 29.4 Å². The molecule has 1 heterocycles. The summed E-state index contributed by atoms with van der Waals surface area (Å²) in [5, 5.41) is 9.30. The summed E-state index contributed by atoms with van der Waals surface area (Å²) in [4.78, 5) is 28.3. The van der Waals surface area contributed by atoms with Crippen molar-refractivity contribution in [2.75, 3.05) is 26.2 Å². The number of aromatic hydroxyl groups is 1. The van der Waals surface area contributed by atoms with Crippen LogP contribution in [0, 0.1) is 0 Å². The van der Waals surface area contributed by atoms with E-state index in [4.69, 9.17) is 0 Å². The van der Waals surface area contributed by atoms with Crippen LogP contribution >= 0.6 is 0 Å². The van der Waals surface area contributed by atoms with Gasteiger partial charge in [0.2, 0.25) is 5.91 Å². The van der Waals surface area contributed by atoms with Gasteiger partial charge in [-0.1, -0.05) is 24.3 Å². The van der Waals surface area contributed by atoms with Crippen LogP contribution in [0.2, 0.25) is 0 Å². The Morgan fingerprint density at radius 1 is 0.964 bits per heavy atom. The highest BCUT2D eigenvalue weighted by Crippen LogP contribution is 2.22. The summed E-state index contributed by atoms with van der Waals surface area (Å²) < 4.78 is 29.5. The van der Waals surface area contributed by atoms with Crippen LogP contribution in [0.1, 0.15) is 15.9 Å². The van der Waals surface area contributed by atoms with Gasteiger partial charge in [-0.2, -0.15) is 8.78 Å². The zero-order valence-electron chi connectivity index (χ0n) is 15.1. The van der Waals surface area contributed by atoms with Gasteiger partial charge < -0.3 is 19.6 Å². The number of nitrogens with zero attached hydrogens (tertiary/aromatic N) is 2. The Bertz CT molecular complexity index is 834. The van der Waals surface area contributed by atoms with Gasteiger partial charge in [0, 0.05) is 26.2 Å². The van der Waals surface area contributed by atoms with Crippen LogP contribution in [0.15, 0.2) is 48.5 Å². The fourth-order valence-electron chi connectivity index (χ4n) is 3.07. The number of carbonyl (C=O) groups is 2. The van der Waals surface area contributed by atoms with Gasteiger partial charge in [0.15, 0.2) is 0 Å². The molecule has 3 rings (SSSR count). The van der Waals surface area contributed by atoms with Crippen molar-refractivity contribution in [3.05, 3.63) is 59.7 Å². The summed E-state index contributed by atoms with van der Waals surface area (Å²) in [6.07, 6.45) is 0.208. The van der Waals surface area contributed by atoms with Gasteiger partial charge in [-0.15, -0.1) is 0 Å². The Morgan fingerprint density at radius 3 is 2.21 bits per heavy atom. The molecular weight excluding hydrogens is 370 g/mol. The lowest BCUT2D eigenvalue weighted by atomic mass is 10.1. The van der Waals surface area contributed by atoms with Crippen LogP contribution in [-0.4, -0.2) is 59.5 Å². The number of phenolic OH excluding ortho intramolecular Hbond substituents is 1. The monoisotopic (exact) mass is 390 g/mol. The van der Waals surface area contributed by atoms with Gasteiger partial charge in [0.1, 0.15) is 11.5 Å². The molecule has 0 saturated carbocycles. The summed E-state index contributed by atoms with van der Waals surface area (Å²) in [5.41, 5.74) is 0.867. The molecule has 0 bridgehead atoms. The summed E-state index contributed by atoms with van der Waals surface area (Å²) in [6.45, 7) is -1.67. The molecular formula is C20H20F2N2O4. The average Bonchev–Trinajstić information content (AvgIpc) is 2.69. The third-order valence-electron chi connectivity index (χ3n) is 4.54. The van der Waals surface area contributed by atoms with Crippen LogP contribution in [0.25, 0.3) is 0 Å². The molecule has 28 heavy (non-hydrogen) atoms. The lowest BCUT2D eigenvalue weighted by Gasteiger charge is -2.35. The van der Waals surface area contributed by atoms with Gasteiger partial charge in [-0.05, 0) is 29.8 Å². The minimum absolute atomic E-state index is 0.0702. The first kappa shape index (κ1) is 19.6. The van der Waals surface area contributed by atoms with Crippen molar-refractivity contribution in [1.29, 1.82) is 0 Å². The first-order valence-corrected chi connectivity index (χ1v) is 8.83. The molecule has 6 nitrogen and oxygen atoms in total. The number of hydrogen-bond donors (Lipinski definition) is 1. The number of alkyl halides is 2. The average molecular weight is 390 g/mol. The number of ether oxygens (including phenoxy) is 1. The van der Waals surface area contributed by atoms with Crippen molar-refractivity contribution in [3.63, 3.8) is 0 Å². The van der Waals surface area contributed by atoms with Crippen LogP contribution in [-0.2, 0) is 11.2 Å². The van der Waals surface area contributed by atoms with E-state index in [2.05, 4.69) is 4.74 Å². The number of hydrogen-bond acceptors (Lipinski definition) is 4. The maximum absolute atomic E-state index is 12.7. The highest BCUT2D eigenvalue weighted by atomic mass is 19.3. The molecule has 1 N–H and O–H groups in total. The highest BCUT2D eigenvalue weighted by molar-refractivity contribution is 5.97. The number of rotatable bonds is 5. The molecule has 0 radical (unpaired) electrons. The van der Waals surface area contributed by atoms with Crippen LogP contribution in [0.3, 0.4) is 0 Å². The van der Waals surface area contributed by atoms with Crippen molar-refractivity contribution in [3.8, 4) is 11.5 Å². The number of piperazine rings is 1. The van der Waals surface area contributed by atoms with Crippen LogP contribution in [0.4, 0.5) is 8.78 Å². The van der Waals surface area contributed by atoms with Gasteiger partial charge in [0.25, 0.3) is 5.91 Å². The molecule has 0 aromatic heterocycles. The van der Waals surface area contributed by atoms with Crippen molar-refractivity contribution in [1.82, 2.24) is 9.80 Å². The molecule has 0 atom stereocenters. The number of phenols is 1. The fourth-order valence-corrected chi connectivity index (χ4v) is 3.07. The second-order valence-electron chi connectivity index (χ2n) is 6.39. The van der Waals surface area contributed by atoms with E-state index in [0.717, 1.165) is 5.56 Å². The maximum atomic E-state index is 12.7. The van der Waals surface area contributed by atoms with Crippen LogP contribution < -0.4 is 4.74 Å². The highest BCUT2D eigenvalue weighted by Gasteiger charge is 2.26. The molecule has 8 heteroatoms. The van der Waals surface area contributed by atoms with Crippen LogP contribution in [0.5, 0.6) is 11.5 Å². The molecule has 1 aliphatic rings. The molecule has 2 amide bonds. The van der Waals surface area contributed by atoms with Gasteiger partial charge in [-0.25, -0.2) is 0 Å². The van der Waals surface area contributed by atoms with E-state index in [9.17, 15) is 23.5 Å². The number of amides is 2. The first-order chi connectivity index (χ1) is 13.4. The molecule has 0 spiro atoms. The predicted octanol–water partition coefficient (Wildman–Crippen LogP) is 2.52. The minimum atomic E-state index is -3.01. The van der Waals surface area contributed by atoms with Gasteiger partial charge >= 0.3 is 6.61 Å². The fraction of sp³-hybridized carbons (Fsp3) is 0.300. The molecule has 1 aliphatic heterocycles. The molecule has 0 unspecified atom stereocenters. The third kappa shape index (κ3) is 4.76. The zero-order chi connectivity index (χ0) is 20.1. The molecule has 1 fully saturated rings. The normalized spacial score (nSPS) is 14.2. The molecule has 1 saturated heterocycles. The SMILES string of the molecule is O=C(Cc1ccc(O)cc1)N1CCN(C(=O)c2ccccc2OC(F)F)CC1. The van der Waals surface area contributed by atoms with E-state index in [0.29, 0.717) is 26.2 Å². The predicted molar refractivity (Wildman–Crippen MR) is 97.4 cm³/mol. The summed E-state index contributed by atoms with van der Waals surface area (Å²) in [6, 6.07) is 12.3. The molecule has 148 valence electrons. The van der Waals surface area contributed by atoms with E-state index in [1.54, 1.807) is 23.1 Å².